The average molecular weight is 298 g/mol. The lowest BCUT2D eigenvalue weighted by Gasteiger charge is -2.37. The fraction of sp³-hybridized carbons (Fsp3) is 0.571. The molecule has 0 saturated carbocycles. The molecular formula is C14H22N2O3S. The van der Waals surface area contributed by atoms with Crippen LogP contribution in [-0.2, 0) is 14.8 Å². The van der Waals surface area contributed by atoms with Crippen LogP contribution >= 0.6 is 0 Å². The molecule has 0 spiro atoms. The predicted molar refractivity (Wildman–Crippen MR) is 79.1 cm³/mol. The van der Waals surface area contributed by atoms with Crippen LogP contribution in [0.4, 0.5) is 5.69 Å². The van der Waals surface area contributed by atoms with E-state index in [9.17, 15) is 8.42 Å². The van der Waals surface area contributed by atoms with Crippen LogP contribution in [0.15, 0.2) is 17.0 Å². The number of hydrogen-bond acceptors (Lipinski definition) is 4. The van der Waals surface area contributed by atoms with Crippen LogP contribution in [0.2, 0.25) is 0 Å². The fourth-order valence-corrected chi connectivity index (χ4v) is 4.68. The van der Waals surface area contributed by atoms with Crippen LogP contribution in [0.25, 0.3) is 0 Å². The Morgan fingerprint density at radius 3 is 2.30 bits per heavy atom. The van der Waals surface area contributed by atoms with Crippen LogP contribution in [0, 0.1) is 13.8 Å². The maximum Gasteiger partial charge on any atom is 0.243 e. The summed E-state index contributed by atoms with van der Waals surface area (Å²) >= 11 is 0. The SMILES string of the molecule is Cc1cc(N)cc(C)c1S(=O)(=O)N1CCOC(C)(C)C1. The minimum atomic E-state index is -3.51. The van der Waals surface area contributed by atoms with E-state index in [-0.39, 0.29) is 0 Å². The van der Waals surface area contributed by atoms with Crippen molar-refractivity contribution in [3.63, 3.8) is 0 Å². The van der Waals surface area contributed by atoms with Crippen LogP contribution < -0.4 is 5.73 Å². The Hall–Kier alpha value is -1.11. The maximum absolute atomic E-state index is 12.9. The number of sulfonamides is 1. The highest BCUT2D eigenvalue weighted by Crippen LogP contribution is 2.29. The van der Waals surface area contributed by atoms with Gasteiger partial charge in [0.25, 0.3) is 0 Å². The molecule has 1 aliphatic heterocycles. The van der Waals surface area contributed by atoms with Gasteiger partial charge in [0.05, 0.1) is 17.1 Å². The minimum Gasteiger partial charge on any atom is -0.399 e. The molecule has 0 amide bonds. The maximum atomic E-state index is 12.9. The first-order valence-electron chi connectivity index (χ1n) is 6.64. The van der Waals surface area contributed by atoms with Gasteiger partial charge in [-0.3, -0.25) is 0 Å². The molecule has 2 rings (SSSR count). The lowest BCUT2D eigenvalue weighted by Crippen LogP contribution is -2.50. The van der Waals surface area contributed by atoms with Gasteiger partial charge >= 0.3 is 0 Å². The van der Waals surface area contributed by atoms with Crippen molar-refractivity contribution in [3.05, 3.63) is 23.3 Å². The Morgan fingerprint density at radius 1 is 1.25 bits per heavy atom. The first-order chi connectivity index (χ1) is 9.13. The molecule has 6 heteroatoms. The number of nitrogens with zero attached hydrogens (tertiary/aromatic N) is 1. The smallest absolute Gasteiger partial charge is 0.243 e. The van der Waals surface area contributed by atoms with Gasteiger partial charge in [0.1, 0.15) is 0 Å². The zero-order chi connectivity index (χ0) is 15.1. The third-order valence-electron chi connectivity index (χ3n) is 3.47. The van der Waals surface area contributed by atoms with E-state index in [1.165, 1.54) is 4.31 Å². The van der Waals surface area contributed by atoms with Gasteiger partial charge in [0, 0.05) is 18.8 Å². The highest BCUT2D eigenvalue weighted by Gasteiger charge is 2.36. The predicted octanol–water partition coefficient (Wildman–Crippen LogP) is 1.69. The van der Waals surface area contributed by atoms with E-state index in [1.54, 1.807) is 26.0 Å². The first kappa shape index (κ1) is 15.3. The quantitative estimate of drug-likeness (QED) is 0.843. The number of anilines is 1. The number of nitrogens with two attached hydrogens (primary N) is 1. The van der Waals surface area contributed by atoms with Crippen LogP contribution in [-0.4, -0.2) is 38.0 Å². The summed E-state index contributed by atoms with van der Waals surface area (Å²) in [7, 11) is -3.51. The highest BCUT2D eigenvalue weighted by molar-refractivity contribution is 7.89. The van der Waals surface area contributed by atoms with Crippen molar-refractivity contribution in [1.29, 1.82) is 0 Å². The molecule has 1 fully saturated rings. The van der Waals surface area contributed by atoms with E-state index in [4.69, 9.17) is 10.5 Å². The number of aryl methyl sites for hydroxylation is 2. The molecule has 2 N–H and O–H groups in total. The number of nitrogen functional groups attached to an aromatic ring is 1. The van der Waals surface area contributed by atoms with Gasteiger partial charge in [0.15, 0.2) is 0 Å². The Balaban J connectivity index is 2.46. The molecule has 0 atom stereocenters. The van der Waals surface area contributed by atoms with E-state index in [0.717, 1.165) is 0 Å². The molecule has 1 saturated heterocycles. The van der Waals surface area contributed by atoms with Crippen molar-refractivity contribution in [2.75, 3.05) is 25.4 Å². The van der Waals surface area contributed by atoms with Gasteiger partial charge in [-0.1, -0.05) is 0 Å². The summed E-state index contributed by atoms with van der Waals surface area (Å²) < 4.78 is 32.8. The molecule has 1 heterocycles. The number of morpholine rings is 1. The molecule has 1 aromatic rings. The summed E-state index contributed by atoms with van der Waals surface area (Å²) in [6.45, 7) is 8.52. The summed E-state index contributed by atoms with van der Waals surface area (Å²) in [6.07, 6.45) is 0. The topological polar surface area (TPSA) is 72.6 Å². The molecular weight excluding hydrogens is 276 g/mol. The Kier molecular flexibility index (Phi) is 3.83. The average Bonchev–Trinajstić information content (AvgIpc) is 2.25. The second-order valence-corrected chi connectivity index (χ2v) is 7.81. The molecule has 5 nitrogen and oxygen atoms in total. The summed E-state index contributed by atoms with van der Waals surface area (Å²) in [5.41, 5.74) is 7.27. The molecule has 20 heavy (non-hydrogen) atoms. The van der Waals surface area contributed by atoms with Crippen molar-refractivity contribution >= 4 is 15.7 Å². The van der Waals surface area contributed by atoms with Crippen LogP contribution in [0.1, 0.15) is 25.0 Å². The van der Waals surface area contributed by atoms with Gasteiger partial charge in [-0.2, -0.15) is 4.31 Å². The molecule has 0 aromatic heterocycles. The molecule has 0 bridgehead atoms. The Morgan fingerprint density at radius 2 is 1.80 bits per heavy atom. The summed E-state index contributed by atoms with van der Waals surface area (Å²) in [5.74, 6) is 0. The lowest BCUT2D eigenvalue weighted by molar-refractivity contribution is -0.0640. The second-order valence-electron chi connectivity index (χ2n) is 5.93. The molecule has 112 valence electrons. The van der Waals surface area contributed by atoms with Gasteiger partial charge in [-0.05, 0) is 51.0 Å². The second kappa shape index (κ2) is 5.02. The number of benzene rings is 1. The zero-order valence-electron chi connectivity index (χ0n) is 12.4. The molecule has 0 radical (unpaired) electrons. The summed E-state index contributed by atoms with van der Waals surface area (Å²) in [4.78, 5) is 0.365. The summed E-state index contributed by atoms with van der Waals surface area (Å²) in [6, 6.07) is 3.40. The third-order valence-corrected chi connectivity index (χ3v) is 5.62. The Labute approximate surface area is 120 Å². The van der Waals surface area contributed by atoms with Gasteiger partial charge < -0.3 is 10.5 Å². The minimum absolute atomic E-state index is 0.360. The Bertz CT molecular complexity index is 600. The van der Waals surface area contributed by atoms with E-state index >= 15 is 0 Å². The monoisotopic (exact) mass is 298 g/mol. The highest BCUT2D eigenvalue weighted by atomic mass is 32.2. The van der Waals surface area contributed by atoms with E-state index in [0.29, 0.717) is 41.4 Å². The fourth-order valence-electron chi connectivity index (χ4n) is 2.70. The molecule has 0 unspecified atom stereocenters. The van der Waals surface area contributed by atoms with E-state index in [2.05, 4.69) is 0 Å². The third kappa shape index (κ3) is 2.82. The van der Waals surface area contributed by atoms with Gasteiger partial charge in [-0.15, -0.1) is 0 Å². The van der Waals surface area contributed by atoms with Crippen molar-refractivity contribution in [2.45, 2.75) is 38.2 Å². The van der Waals surface area contributed by atoms with E-state index < -0.39 is 15.6 Å². The normalized spacial score (nSPS) is 20.0. The summed E-state index contributed by atoms with van der Waals surface area (Å²) in [5, 5.41) is 0. The van der Waals surface area contributed by atoms with Crippen molar-refractivity contribution in [2.24, 2.45) is 0 Å². The zero-order valence-corrected chi connectivity index (χ0v) is 13.3. The standard InChI is InChI=1S/C14H22N2O3S/c1-10-7-12(15)8-11(2)13(10)20(17,18)16-5-6-19-14(3,4)9-16/h7-8H,5-6,9,15H2,1-4H3. The van der Waals surface area contributed by atoms with Gasteiger partial charge in [-0.25, -0.2) is 8.42 Å². The number of rotatable bonds is 2. The number of hydrogen-bond donors (Lipinski definition) is 1. The molecule has 1 aromatic carbocycles. The molecule has 1 aliphatic rings. The number of ether oxygens (including phenoxy) is 1. The van der Waals surface area contributed by atoms with Crippen LogP contribution in [0.3, 0.4) is 0 Å². The van der Waals surface area contributed by atoms with Gasteiger partial charge in [0.2, 0.25) is 10.0 Å². The van der Waals surface area contributed by atoms with Crippen molar-refractivity contribution < 1.29 is 13.2 Å². The van der Waals surface area contributed by atoms with E-state index in [1.807, 2.05) is 13.8 Å². The molecule has 0 aliphatic carbocycles. The van der Waals surface area contributed by atoms with Crippen LogP contribution in [0.5, 0.6) is 0 Å². The van der Waals surface area contributed by atoms with Crippen molar-refractivity contribution in [3.8, 4) is 0 Å². The lowest BCUT2D eigenvalue weighted by atomic mass is 10.1. The largest absolute Gasteiger partial charge is 0.399 e. The van der Waals surface area contributed by atoms with Crippen molar-refractivity contribution in [1.82, 2.24) is 4.31 Å². The first-order valence-corrected chi connectivity index (χ1v) is 8.08.